The van der Waals surface area contributed by atoms with E-state index in [9.17, 15) is 29.8 Å². The van der Waals surface area contributed by atoms with Crippen molar-refractivity contribution in [2.24, 2.45) is 5.73 Å². The zero-order valence-corrected chi connectivity index (χ0v) is 38.0. The van der Waals surface area contributed by atoms with Gasteiger partial charge < -0.3 is 32.3 Å². The van der Waals surface area contributed by atoms with E-state index in [1.165, 1.54) is 53.6 Å². The molecule has 0 aliphatic rings. The van der Waals surface area contributed by atoms with Crippen LogP contribution in [0.4, 0.5) is 34.4 Å². The van der Waals surface area contributed by atoms with E-state index < -0.39 is 15.8 Å². The first kappa shape index (κ1) is 49.3. The number of fused-ring (bicyclic) bond motifs is 2. The van der Waals surface area contributed by atoms with Crippen LogP contribution in [0.1, 0.15) is 27.6 Å². The number of nitrogens with zero attached hydrogens (tertiary/aromatic N) is 8. The molecular weight excluding hydrogens is 909 g/mol. The molecule has 0 fully saturated rings. The molecule has 348 valence electrons. The third kappa shape index (κ3) is 14.7. The van der Waals surface area contributed by atoms with Crippen LogP contribution in [-0.4, -0.2) is 71.2 Å². The summed E-state index contributed by atoms with van der Waals surface area (Å²) in [5.74, 6) is 0.722. The van der Waals surface area contributed by atoms with E-state index in [1.54, 1.807) is 35.9 Å². The highest BCUT2D eigenvalue weighted by atomic mass is 32.1. The van der Waals surface area contributed by atoms with Crippen LogP contribution >= 0.6 is 22.7 Å². The highest BCUT2D eigenvalue weighted by molar-refractivity contribution is 7.18. The zero-order chi connectivity index (χ0) is 48.1. The predicted octanol–water partition coefficient (Wildman–Crippen LogP) is 7.69. The summed E-state index contributed by atoms with van der Waals surface area (Å²) in [5, 5.41) is 38.3. The second-order valence-corrected chi connectivity index (χ2v) is 16.3. The number of anilines is 4. The van der Waals surface area contributed by atoms with Gasteiger partial charge in [0, 0.05) is 57.6 Å². The summed E-state index contributed by atoms with van der Waals surface area (Å²) in [6, 6.07) is 32.3. The summed E-state index contributed by atoms with van der Waals surface area (Å²) >= 11 is 3.09. The van der Waals surface area contributed by atoms with E-state index in [4.69, 9.17) is 5.73 Å². The molecule has 0 aliphatic carbocycles. The van der Waals surface area contributed by atoms with Crippen LogP contribution in [0.2, 0.25) is 0 Å². The molecule has 0 saturated heterocycles. The summed E-state index contributed by atoms with van der Waals surface area (Å²) in [4.78, 5) is 71.7. The molecule has 0 radical (unpaired) electrons. The second-order valence-electron chi connectivity index (χ2n) is 14.2. The Hall–Kier alpha value is -8.18. The van der Waals surface area contributed by atoms with Crippen LogP contribution < -0.4 is 32.3 Å². The standard InChI is InChI=1S/C23H23N7O3S.C14H15N5S.C9H8N2O3/c31-19(28-17-8-4-5-9-18(17)30(32)33)10-12-24-13-11-20-29-21-22(26-15-27-23(21)34-20)25-14-16-6-2-1-3-7-16;15-7-6-11-19-12-13(17-9-18-14(12)20-11)16-8-10-4-2-1-3-5-10;1-2-9(12)10-7-5-3-4-6-8(7)11(13)14/h1-9,15,24H,10-14H2,(H,28,31)(H,25,26,27);1-5,9H,6-8,15H2,(H,16,17,18);2-6H,1H2,(H,10,12). The quantitative estimate of drug-likeness (QED) is 0.0196. The largest absolute Gasteiger partial charge is 0.364 e. The summed E-state index contributed by atoms with van der Waals surface area (Å²) in [7, 11) is 0. The molecule has 0 spiro atoms. The SMILES string of the molecule is C=CC(=O)Nc1ccccc1[N+](=O)[O-].NCCc1nc2c(NCc3ccccc3)ncnc2s1.O=C(CCNCCc1nc2c(NCc3ccccc3)ncnc2s1)Nc1ccccc1[N+](=O)[O-]. The van der Waals surface area contributed by atoms with E-state index in [1.807, 2.05) is 48.5 Å². The molecule has 2 amide bonds. The molecule has 8 aromatic rings. The summed E-state index contributed by atoms with van der Waals surface area (Å²) in [6.45, 7) is 6.30. The van der Waals surface area contributed by atoms with Crippen molar-refractivity contribution in [3.63, 3.8) is 0 Å². The van der Waals surface area contributed by atoms with Crippen LogP contribution in [0.25, 0.3) is 20.7 Å². The lowest BCUT2D eigenvalue weighted by Crippen LogP contribution is -2.23. The minimum absolute atomic E-state index is 0.125. The number of hydrogen-bond acceptors (Lipinski definition) is 18. The van der Waals surface area contributed by atoms with Crippen molar-refractivity contribution in [1.82, 2.24) is 35.2 Å². The lowest BCUT2D eigenvalue weighted by Gasteiger charge is -2.06. The van der Waals surface area contributed by atoms with Crippen molar-refractivity contribution >= 4 is 89.6 Å². The molecule has 0 bridgehead atoms. The van der Waals surface area contributed by atoms with Crippen molar-refractivity contribution in [3.8, 4) is 0 Å². The zero-order valence-electron chi connectivity index (χ0n) is 36.4. The van der Waals surface area contributed by atoms with Crippen LogP contribution in [0.5, 0.6) is 0 Å². The van der Waals surface area contributed by atoms with Gasteiger partial charge >= 0.3 is 0 Å². The van der Waals surface area contributed by atoms with Gasteiger partial charge in [-0.1, -0.05) is 114 Å². The number of benzene rings is 4. The van der Waals surface area contributed by atoms with E-state index in [0.29, 0.717) is 38.4 Å². The molecule has 22 heteroatoms. The van der Waals surface area contributed by atoms with Gasteiger partial charge in [0.25, 0.3) is 11.4 Å². The number of nitro benzene ring substituents is 2. The second kappa shape index (κ2) is 25.5. The number of hydrogen-bond donors (Lipinski definition) is 6. The Labute approximate surface area is 397 Å². The van der Waals surface area contributed by atoms with Gasteiger partial charge in [-0.2, -0.15) is 0 Å². The van der Waals surface area contributed by atoms with Gasteiger partial charge in [0.15, 0.2) is 11.6 Å². The van der Waals surface area contributed by atoms with Gasteiger partial charge in [0.1, 0.15) is 44.7 Å². The lowest BCUT2D eigenvalue weighted by atomic mass is 10.2. The highest BCUT2D eigenvalue weighted by Gasteiger charge is 2.16. The minimum Gasteiger partial charge on any atom is -0.364 e. The fourth-order valence-electron chi connectivity index (χ4n) is 6.15. The Morgan fingerprint density at radius 2 is 1.10 bits per heavy atom. The minimum atomic E-state index is -0.557. The Bertz CT molecular complexity index is 2960. The van der Waals surface area contributed by atoms with Crippen molar-refractivity contribution in [3.05, 3.63) is 176 Å². The monoisotopic (exact) mass is 954 g/mol. The molecule has 0 atom stereocenters. The average molecular weight is 955 g/mol. The number of rotatable bonds is 19. The van der Waals surface area contributed by atoms with Gasteiger partial charge in [0.05, 0.1) is 19.9 Å². The fraction of sp³-hybridized carbons (Fsp3) is 0.174. The predicted molar refractivity (Wildman–Crippen MR) is 266 cm³/mol. The number of carbonyl (C=O) groups excluding carboxylic acids is 2. The summed E-state index contributed by atoms with van der Waals surface area (Å²) in [5.41, 5.74) is 9.62. The Balaban J connectivity index is 0.000000188. The molecule has 4 aromatic heterocycles. The van der Waals surface area contributed by atoms with E-state index in [2.05, 4.69) is 75.2 Å². The Morgan fingerprint density at radius 3 is 1.59 bits per heavy atom. The number of para-hydroxylation sites is 4. The van der Waals surface area contributed by atoms with Crippen LogP contribution in [0.3, 0.4) is 0 Å². The van der Waals surface area contributed by atoms with Crippen LogP contribution in [-0.2, 0) is 35.5 Å². The molecule has 0 unspecified atom stereocenters. The number of thiazole rings is 2. The summed E-state index contributed by atoms with van der Waals surface area (Å²) < 4.78 is 0. The first-order valence-electron chi connectivity index (χ1n) is 21.0. The van der Waals surface area contributed by atoms with Crippen molar-refractivity contribution in [2.75, 3.05) is 40.9 Å². The first-order chi connectivity index (χ1) is 33.1. The Morgan fingerprint density at radius 1 is 0.632 bits per heavy atom. The van der Waals surface area contributed by atoms with Gasteiger partial charge in [0.2, 0.25) is 11.8 Å². The van der Waals surface area contributed by atoms with Crippen molar-refractivity contribution < 1.29 is 19.4 Å². The molecule has 7 N–H and O–H groups in total. The third-order valence-corrected chi connectivity index (χ3v) is 11.5. The average Bonchev–Trinajstić information content (AvgIpc) is 3.98. The number of nitro groups is 2. The molecule has 68 heavy (non-hydrogen) atoms. The van der Waals surface area contributed by atoms with Crippen molar-refractivity contribution in [2.45, 2.75) is 32.4 Å². The van der Waals surface area contributed by atoms with Crippen LogP contribution in [0.15, 0.2) is 135 Å². The van der Waals surface area contributed by atoms with Crippen LogP contribution in [0, 0.1) is 20.2 Å². The molecular formula is C46H46N14O6S2. The molecule has 4 aromatic carbocycles. The maximum atomic E-state index is 12.1. The molecule has 4 heterocycles. The fourth-order valence-corrected chi connectivity index (χ4v) is 7.97. The highest BCUT2D eigenvalue weighted by Crippen LogP contribution is 2.27. The van der Waals surface area contributed by atoms with Crippen molar-refractivity contribution in [1.29, 1.82) is 0 Å². The summed E-state index contributed by atoms with van der Waals surface area (Å²) in [6.07, 6.45) is 5.82. The maximum Gasteiger partial charge on any atom is 0.292 e. The number of nitrogens with two attached hydrogens (primary N) is 1. The third-order valence-electron chi connectivity index (χ3n) is 9.41. The van der Waals surface area contributed by atoms with Gasteiger partial charge in [-0.25, -0.2) is 29.9 Å². The Kier molecular flexibility index (Phi) is 18.5. The number of carbonyl (C=O) groups is 2. The normalized spacial score (nSPS) is 10.5. The molecule has 8 rings (SSSR count). The van der Waals surface area contributed by atoms with Gasteiger partial charge in [-0.05, 0) is 35.9 Å². The number of aromatic nitrogens is 6. The lowest BCUT2D eigenvalue weighted by molar-refractivity contribution is -0.384. The molecule has 0 aliphatic heterocycles. The van der Waals surface area contributed by atoms with Gasteiger partial charge in [-0.3, -0.25) is 29.8 Å². The van der Waals surface area contributed by atoms with E-state index in [0.717, 1.165) is 61.1 Å². The first-order valence-corrected chi connectivity index (χ1v) is 22.6. The smallest absolute Gasteiger partial charge is 0.292 e. The number of nitrogens with one attached hydrogen (secondary N) is 5. The van der Waals surface area contributed by atoms with Gasteiger partial charge in [-0.15, -0.1) is 0 Å². The molecule has 20 nitrogen and oxygen atoms in total. The molecule has 0 saturated carbocycles. The topological polar surface area (TPSA) is 284 Å². The van der Waals surface area contributed by atoms with E-state index in [-0.39, 0.29) is 35.1 Å². The van der Waals surface area contributed by atoms with E-state index >= 15 is 0 Å². The number of amides is 2. The maximum absolute atomic E-state index is 12.1.